The molecule has 10 nitrogen and oxygen atoms in total. The Morgan fingerprint density at radius 2 is 1.88 bits per heavy atom. The average Bonchev–Trinajstić information content (AvgIpc) is 2.81. The number of H-pyrrole nitrogens is 1. The fraction of sp³-hybridized carbons (Fsp3) is 0.364. The molecule has 182 valence electrons. The summed E-state index contributed by atoms with van der Waals surface area (Å²) in [5.41, 5.74) is -0.349. The highest BCUT2D eigenvalue weighted by atomic mass is 35.5. The third-order valence-corrected chi connectivity index (χ3v) is 7.95. The molecule has 0 bridgehead atoms. The lowest BCUT2D eigenvalue weighted by Crippen LogP contribution is -2.47. The van der Waals surface area contributed by atoms with Crippen LogP contribution in [0.2, 0.25) is 5.02 Å². The molecule has 1 aliphatic rings. The number of fused-ring (bicyclic) bond motifs is 1. The number of nitrogens with one attached hydrogen (secondary N) is 1. The average molecular weight is 509 g/mol. The molecule has 2 heterocycles. The van der Waals surface area contributed by atoms with E-state index >= 15 is 0 Å². The number of hydrogen-bond donors (Lipinski definition) is 2. The summed E-state index contributed by atoms with van der Waals surface area (Å²) >= 11 is 6.37. The van der Waals surface area contributed by atoms with E-state index in [0.717, 1.165) is 0 Å². The molecule has 0 saturated carbocycles. The number of phenols is 1. The second-order valence-corrected chi connectivity index (χ2v) is 10.2. The van der Waals surface area contributed by atoms with Gasteiger partial charge in [-0.2, -0.15) is 4.31 Å². The van der Waals surface area contributed by atoms with Crippen molar-refractivity contribution in [2.75, 3.05) is 46.9 Å². The predicted molar refractivity (Wildman–Crippen MR) is 128 cm³/mol. The number of ether oxygens (including phenoxy) is 2. The molecule has 3 aromatic rings. The van der Waals surface area contributed by atoms with Crippen molar-refractivity contribution in [1.29, 1.82) is 0 Å². The third-order valence-electron chi connectivity index (χ3n) is 5.69. The van der Waals surface area contributed by atoms with Gasteiger partial charge in [-0.05, 0) is 32.2 Å². The van der Waals surface area contributed by atoms with Crippen molar-refractivity contribution in [3.05, 3.63) is 39.6 Å². The van der Waals surface area contributed by atoms with Crippen molar-refractivity contribution in [3.63, 3.8) is 0 Å². The zero-order valence-corrected chi connectivity index (χ0v) is 20.5. The number of benzene rings is 2. The second kappa shape index (κ2) is 9.41. The summed E-state index contributed by atoms with van der Waals surface area (Å²) in [4.78, 5) is 22.0. The van der Waals surface area contributed by atoms with Crippen LogP contribution in [0.1, 0.15) is 6.92 Å². The zero-order valence-electron chi connectivity index (χ0n) is 19.0. The van der Waals surface area contributed by atoms with Crippen LogP contribution in [0.4, 0.5) is 0 Å². The molecule has 0 radical (unpaired) electrons. The summed E-state index contributed by atoms with van der Waals surface area (Å²) in [6.45, 7) is 4.11. The van der Waals surface area contributed by atoms with Crippen molar-refractivity contribution in [3.8, 4) is 28.6 Å². The van der Waals surface area contributed by atoms with Gasteiger partial charge >= 0.3 is 0 Å². The number of aromatic amines is 1. The van der Waals surface area contributed by atoms with Gasteiger partial charge in [-0.1, -0.05) is 11.6 Å². The Morgan fingerprint density at radius 1 is 1.18 bits per heavy atom. The molecule has 2 N–H and O–H groups in total. The van der Waals surface area contributed by atoms with E-state index in [0.29, 0.717) is 38.5 Å². The van der Waals surface area contributed by atoms with Crippen molar-refractivity contribution in [1.82, 2.24) is 19.2 Å². The van der Waals surface area contributed by atoms with E-state index in [1.165, 1.54) is 35.7 Å². The Bertz CT molecular complexity index is 1400. The first-order valence-electron chi connectivity index (χ1n) is 10.6. The van der Waals surface area contributed by atoms with E-state index < -0.39 is 15.6 Å². The Labute approximate surface area is 201 Å². The van der Waals surface area contributed by atoms with Gasteiger partial charge in [0.15, 0.2) is 0 Å². The number of methoxy groups -OCH3 is 1. The van der Waals surface area contributed by atoms with Gasteiger partial charge < -0.3 is 24.5 Å². The van der Waals surface area contributed by atoms with Crippen LogP contribution >= 0.6 is 11.6 Å². The molecule has 4 rings (SSSR count). The molecule has 0 atom stereocenters. The maximum Gasteiger partial charge on any atom is 0.262 e. The lowest BCUT2D eigenvalue weighted by Gasteiger charge is -2.31. The van der Waals surface area contributed by atoms with Gasteiger partial charge in [-0.25, -0.2) is 13.4 Å². The molecule has 1 saturated heterocycles. The van der Waals surface area contributed by atoms with Gasteiger partial charge in [0.1, 0.15) is 39.0 Å². The fourth-order valence-electron chi connectivity index (χ4n) is 3.84. The number of piperazine rings is 1. The van der Waals surface area contributed by atoms with Crippen LogP contribution in [0.25, 0.3) is 22.3 Å². The van der Waals surface area contributed by atoms with Gasteiger partial charge in [0.05, 0.1) is 24.2 Å². The minimum absolute atomic E-state index is 0.0204. The number of phenolic OH excluding ortho intramolecular Hbond substituents is 1. The quantitative estimate of drug-likeness (QED) is 0.519. The van der Waals surface area contributed by atoms with Gasteiger partial charge in [0.2, 0.25) is 10.0 Å². The lowest BCUT2D eigenvalue weighted by atomic mass is 10.1. The van der Waals surface area contributed by atoms with Gasteiger partial charge in [-0.3, -0.25) is 4.79 Å². The summed E-state index contributed by atoms with van der Waals surface area (Å²) in [7, 11) is -0.462. The van der Waals surface area contributed by atoms with Crippen molar-refractivity contribution < 1.29 is 23.0 Å². The highest BCUT2D eigenvalue weighted by Gasteiger charge is 2.29. The Balaban J connectivity index is 1.90. The fourth-order valence-corrected chi connectivity index (χ4v) is 5.55. The van der Waals surface area contributed by atoms with Gasteiger partial charge in [-0.15, -0.1) is 0 Å². The highest BCUT2D eigenvalue weighted by Crippen LogP contribution is 2.38. The first-order chi connectivity index (χ1) is 16.2. The zero-order chi connectivity index (χ0) is 24.6. The third kappa shape index (κ3) is 4.31. The van der Waals surface area contributed by atoms with Crippen molar-refractivity contribution >= 4 is 32.5 Å². The van der Waals surface area contributed by atoms with Crippen LogP contribution < -0.4 is 15.0 Å². The summed E-state index contributed by atoms with van der Waals surface area (Å²) in [5, 5.41) is 10.2. The normalized spacial score (nSPS) is 15.5. The SMILES string of the molecule is CCOc1ccc(S(=O)(=O)N2CCN(C)CC2)cc1-c1nc2c(Cl)c(OC)cc(O)c2c(=O)[nH]1. The van der Waals surface area contributed by atoms with Crippen LogP contribution in [-0.2, 0) is 10.0 Å². The molecular formula is C22H25ClN4O6S. The number of sulfonamides is 1. The number of aromatic nitrogens is 2. The number of likely N-dealkylation sites (N-methyl/N-ethyl adjacent to an activating group) is 1. The van der Waals surface area contributed by atoms with E-state index in [4.69, 9.17) is 21.1 Å². The minimum Gasteiger partial charge on any atom is -0.507 e. The topological polar surface area (TPSA) is 125 Å². The molecule has 1 aliphatic heterocycles. The van der Waals surface area contributed by atoms with Crippen LogP contribution in [0.5, 0.6) is 17.2 Å². The maximum atomic E-state index is 13.3. The number of rotatable bonds is 6. The molecule has 0 spiro atoms. The number of hydrogen-bond acceptors (Lipinski definition) is 8. The smallest absolute Gasteiger partial charge is 0.262 e. The molecule has 34 heavy (non-hydrogen) atoms. The van der Waals surface area contributed by atoms with E-state index in [-0.39, 0.29) is 43.7 Å². The van der Waals surface area contributed by atoms with Gasteiger partial charge in [0, 0.05) is 32.2 Å². The minimum atomic E-state index is -3.78. The van der Waals surface area contributed by atoms with Gasteiger partial charge in [0.25, 0.3) is 5.56 Å². The van der Waals surface area contributed by atoms with Crippen LogP contribution in [-0.4, -0.2) is 79.6 Å². The highest BCUT2D eigenvalue weighted by molar-refractivity contribution is 7.89. The van der Waals surface area contributed by atoms with Crippen molar-refractivity contribution in [2.24, 2.45) is 0 Å². The molecule has 0 aliphatic carbocycles. The number of halogens is 1. The summed E-state index contributed by atoms with van der Waals surface area (Å²) in [6, 6.07) is 5.67. The first-order valence-corrected chi connectivity index (χ1v) is 12.4. The van der Waals surface area contributed by atoms with Crippen LogP contribution in [0.15, 0.2) is 34.0 Å². The Morgan fingerprint density at radius 3 is 2.53 bits per heavy atom. The Kier molecular flexibility index (Phi) is 6.72. The van der Waals surface area contributed by atoms with E-state index in [1.54, 1.807) is 6.92 Å². The molecule has 1 aromatic heterocycles. The molecule has 0 amide bonds. The largest absolute Gasteiger partial charge is 0.507 e. The first kappa shape index (κ1) is 24.3. The molecule has 2 aromatic carbocycles. The van der Waals surface area contributed by atoms with Crippen LogP contribution in [0.3, 0.4) is 0 Å². The molecular weight excluding hydrogens is 484 g/mol. The van der Waals surface area contributed by atoms with E-state index in [1.807, 2.05) is 7.05 Å². The lowest BCUT2D eigenvalue weighted by molar-refractivity contribution is 0.222. The molecule has 0 unspecified atom stereocenters. The molecule has 12 heteroatoms. The standard InChI is InChI=1S/C22H25ClN4O6S/c1-4-33-16-6-5-13(34(30,31)27-9-7-26(2)8-10-27)11-14(16)21-24-20-18(22(29)25-21)15(28)12-17(32-3)19(20)23/h5-6,11-12,28H,4,7-10H2,1-3H3,(H,24,25,29). The van der Waals surface area contributed by atoms with Crippen molar-refractivity contribution in [2.45, 2.75) is 11.8 Å². The van der Waals surface area contributed by atoms with E-state index in [2.05, 4.69) is 14.9 Å². The second-order valence-electron chi connectivity index (χ2n) is 7.85. The number of nitrogens with zero attached hydrogens (tertiary/aromatic N) is 3. The maximum absolute atomic E-state index is 13.3. The van der Waals surface area contributed by atoms with Crippen LogP contribution in [0, 0.1) is 0 Å². The monoisotopic (exact) mass is 508 g/mol. The number of aromatic hydroxyl groups is 1. The predicted octanol–water partition coefficient (Wildman–Crippen LogP) is 2.29. The van der Waals surface area contributed by atoms with E-state index in [9.17, 15) is 18.3 Å². The molecule has 1 fully saturated rings. The Hall–Kier alpha value is -2.86. The summed E-state index contributed by atoms with van der Waals surface area (Å²) in [5.74, 6) is 0.191. The summed E-state index contributed by atoms with van der Waals surface area (Å²) in [6.07, 6.45) is 0. The summed E-state index contributed by atoms with van der Waals surface area (Å²) < 4.78 is 38.9.